The van der Waals surface area contributed by atoms with Crippen LogP contribution in [-0.4, -0.2) is 44.7 Å². The van der Waals surface area contributed by atoms with Gasteiger partial charge in [-0.25, -0.2) is 0 Å². The standard InChI is InChI=1S/C17H27N3O2.HI/c1-6-18-17(19-15-9-12(15)2)20(3)11-13-7-8-14(21-4)10-16(13)22-5;/h7-8,10,12,15H,6,9,11H2,1-5H3,(H,18,19);1H. The van der Waals surface area contributed by atoms with Crippen molar-refractivity contribution in [3.8, 4) is 11.5 Å². The summed E-state index contributed by atoms with van der Waals surface area (Å²) in [6.45, 7) is 5.82. The molecule has 0 heterocycles. The summed E-state index contributed by atoms with van der Waals surface area (Å²) in [5, 5.41) is 3.53. The lowest BCUT2D eigenvalue weighted by Crippen LogP contribution is -2.40. The van der Waals surface area contributed by atoms with E-state index in [9.17, 15) is 0 Å². The summed E-state index contributed by atoms with van der Waals surface area (Å²) in [4.78, 5) is 6.73. The number of aliphatic imine (C=N–C) groups is 1. The van der Waals surface area contributed by atoms with E-state index in [1.165, 1.54) is 6.42 Å². The number of halogens is 1. The van der Waals surface area contributed by atoms with Crippen molar-refractivity contribution in [2.45, 2.75) is 32.9 Å². The Hall–Kier alpha value is -1.18. The third-order valence-electron chi connectivity index (χ3n) is 4.00. The minimum atomic E-state index is 0. The van der Waals surface area contributed by atoms with Gasteiger partial charge in [-0.1, -0.05) is 6.92 Å². The molecule has 0 bridgehead atoms. The maximum Gasteiger partial charge on any atom is 0.194 e. The molecular formula is C17H28IN3O2. The van der Waals surface area contributed by atoms with E-state index < -0.39 is 0 Å². The number of nitrogens with zero attached hydrogens (tertiary/aromatic N) is 2. The summed E-state index contributed by atoms with van der Waals surface area (Å²) in [5.74, 6) is 3.33. The third kappa shape index (κ3) is 5.44. The van der Waals surface area contributed by atoms with E-state index in [1.54, 1.807) is 14.2 Å². The molecule has 5 nitrogen and oxygen atoms in total. The van der Waals surface area contributed by atoms with Gasteiger partial charge in [0.05, 0.1) is 14.2 Å². The highest BCUT2D eigenvalue weighted by atomic mass is 127. The number of hydrogen-bond donors (Lipinski definition) is 1. The lowest BCUT2D eigenvalue weighted by molar-refractivity contribution is 0.382. The molecule has 1 saturated carbocycles. The van der Waals surface area contributed by atoms with Gasteiger partial charge in [0.25, 0.3) is 0 Å². The molecule has 1 N–H and O–H groups in total. The van der Waals surface area contributed by atoms with Gasteiger partial charge in [0.2, 0.25) is 0 Å². The zero-order chi connectivity index (χ0) is 16.1. The molecule has 1 aliphatic carbocycles. The van der Waals surface area contributed by atoms with Crippen LogP contribution in [0.25, 0.3) is 0 Å². The second kappa shape index (κ2) is 9.20. The van der Waals surface area contributed by atoms with Crippen LogP contribution in [0, 0.1) is 5.92 Å². The fraction of sp³-hybridized carbons (Fsp3) is 0.588. The number of benzene rings is 1. The first kappa shape index (κ1) is 19.9. The summed E-state index contributed by atoms with van der Waals surface area (Å²) >= 11 is 0. The van der Waals surface area contributed by atoms with Gasteiger partial charge in [-0.15, -0.1) is 24.0 Å². The summed E-state index contributed by atoms with van der Waals surface area (Å²) < 4.78 is 10.7. The Bertz CT molecular complexity index is 537. The molecule has 2 atom stereocenters. The van der Waals surface area contributed by atoms with Gasteiger partial charge < -0.3 is 19.7 Å². The highest BCUT2D eigenvalue weighted by molar-refractivity contribution is 14.0. The summed E-state index contributed by atoms with van der Waals surface area (Å²) in [6.07, 6.45) is 1.22. The number of nitrogens with one attached hydrogen (secondary N) is 1. The topological polar surface area (TPSA) is 46.1 Å². The molecule has 1 aliphatic rings. The first-order valence-electron chi connectivity index (χ1n) is 7.82. The second-order valence-corrected chi connectivity index (χ2v) is 5.80. The van der Waals surface area contributed by atoms with Crippen molar-refractivity contribution < 1.29 is 9.47 Å². The highest BCUT2D eigenvalue weighted by Crippen LogP contribution is 2.29. The Morgan fingerprint density at radius 2 is 2.04 bits per heavy atom. The van der Waals surface area contributed by atoms with Crippen LogP contribution in [0.5, 0.6) is 11.5 Å². The molecule has 6 heteroatoms. The molecule has 2 unspecified atom stereocenters. The van der Waals surface area contributed by atoms with E-state index in [0.717, 1.165) is 42.0 Å². The Labute approximate surface area is 156 Å². The Morgan fingerprint density at radius 1 is 1.35 bits per heavy atom. The normalized spacial score (nSPS) is 19.6. The Kier molecular flexibility index (Phi) is 7.94. The molecule has 0 spiro atoms. The van der Waals surface area contributed by atoms with E-state index in [-0.39, 0.29) is 24.0 Å². The largest absolute Gasteiger partial charge is 0.497 e. The first-order chi connectivity index (χ1) is 10.6. The number of methoxy groups -OCH3 is 2. The van der Waals surface area contributed by atoms with Crippen molar-refractivity contribution in [1.29, 1.82) is 0 Å². The zero-order valence-electron chi connectivity index (χ0n) is 14.6. The van der Waals surface area contributed by atoms with Crippen LogP contribution in [-0.2, 0) is 6.54 Å². The van der Waals surface area contributed by atoms with Gasteiger partial charge >= 0.3 is 0 Å². The van der Waals surface area contributed by atoms with Crippen molar-refractivity contribution in [1.82, 2.24) is 10.2 Å². The van der Waals surface area contributed by atoms with Crippen molar-refractivity contribution in [3.05, 3.63) is 23.8 Å². The lowest BCUT2D eigenvalue weighted by Gasteiger charge is -2.23. The van der Waals surface area contributed by atoms with Gasteiger partial charge in [-0.2, -0.15) is 0 Å². The molecule has 1 aromatic rings. The fourth-order valence-electron chi connectivity index (χ4n) is 2.43. The first-order valence-corrected chi connectivity index (χ1v) is 7.82. The SMILES string of the molecule is CCN=C(NC1CC1C)N(C)Cc1ccc(OC)cc1OC.I. The lowest BCUT2D eigenvalue weighted by atomic mass is 10.2. The molecule has 1 aromatic carbocycles. The number of rotatable bonds is 6. The molecule has 0 saturated heterocycles. The van der Waals surface area contributed by atoms with Gasteiger partial charge in [-0.05, 0) is 31.4 Å². The maximum absolute atomic E-state index is 5.47. The van der Waals surface area contributed by atoms with Crippen molar-refractivity contribution >= 4 is 29.9 Å². The summed E-state index contributed by atoms with van der Waals surface area (Å²) in [5.41, 5.74) is 1.11. The Balaban J connectivity index is 0.00000264. The van der Waals surface area contributed by atoms with Crippen LogP contribution in [0.4, 0.5) is 0 Å². The average Bonchev–Trinajstić information content (AvgIpc) is 3.22. The van der Waals surface area contributed by atoms with Gasteiger partial charge in [0, 0.05) is 37.8 Å². The molecule has 0 amide bonds. The highest BCUT2D eigenvalue weighted by Gasteiger charge is 2.33. The van der Waals surface area contributed by atoms with Gasteiger partial charge in [0.1, 0.15) is 11.5 Å². The number of guanidine groups is 1. The maximum atomic E-state index is 5.47. The van der Waals surface area contributed by atoms with Crippen LogP contribution < -0.4 is 14.8 Å². The van der Waals surface area contributed by atoms with E-state index in [0.29, 0.717) is 6.04 Å². The molecule has 0 aromatic heterocycles. The van der Waals surface area contributed by atoms with Crippen molar-refractivity contribution in [2.75, 3.05) is 27.8 Å². The minimum Gasteiger partial charge on any atom is -0.497 e. The average molecular weight is 433 g/mol. The summed E-state index contributed by atoms with van der Waals surface area (Å²) in [7, 11) is 5.40. The fourth-order valence-corrected chi connectivity index (χ4v) is 2.43. The van der Waals surface area contributed by atoms with Crippen molar-refractivity contribution in [2.24, 2.45) is 10.9 Å². The summed E-state index contributed by atoms with van der Waals surface area (Å²) in [6, 6.07) is 6.47. The zero-order valence-corrected chi connectivity index (χ0v) is 17.0. The molecule has 0 aliphatic heterocycles. The second-order valence-electron chi connectivity index (χ2n) is 5.80. The van der Waals surface area contributed by atoms with Crippen LogP contribution in [0.3, 0.4) is 0 Å². The molecule has 130 valence electrons. The van der Waals surface area contributed by atoms with Crippen LogP contribution >= 0.6 is 24.0 Å². The third-order valence-corrected chi connectivity index (χ3v) is 4.00. The van der Waals surface area contributed by atoms with Crippen molar-refractivity contribution in [3.63, 3.8) is 0 Å². The quantitative estimate of drug-likeness (QED) is 0.426. The van der Waals surface area contributed by atoms with Gasteiger partial charge in [0.15, 0.2) is 5.96 Å². The van der Waals surface area contributed by atoms with Crippen LogP contribution in [0.2, 0.25) is 0 Å². The molecule has 23 heavy (non-hydrogen) atoms. The molecule has 1 fully saturated rings. The van der Waals surface area contributed by atoms with Crippen LogP contribution in [0.1, 0.15) is 25.8 Å². The molecular weight excluding hydrogens is 405 g/mol. The number of ether oxygens (including phenoxy) is 2. The van der Waals surface area contributed by atoms with E-state index >= 15 is 0 Å². The smallest absolute Gasteiger partial charge is 0.194 e. The van der Waals surface area contributed by atoms with E-state index in [2.05, 4.69) is 36.1 Å². The predicted molar refractivity (Wildman–Crippen MR) is 105 cm³/mol. The van der Waals surface area contributed by atoms with E-state index in [4.69, 9.17) is 9.47 Å². The predicted octanol–water partition coefficient (Wildman–Crippen LogP) is 3.13. The molecule has 0 radical (unpaired) electrons. The number of hydrogen-bond acceptors (Lipinski definition) is 3. The monoisotopic (exact) mass is 433 g/mol. The molecule has 2 rings (SSSR count). The van der Waals surface area contributed by atoms with Crippen LogP contribution in [0.15, 0.2) is 23.2 Å². The minimum absolute atomic E-state index is 0. The van der Waals surface area contributed by atoms with Gasteiger partial charge in [-0.3, -0.25) is 4.99 Å². The van der Waals surface area contributed by atoms with E-state index in [1.807, 2.05) is 18.2 Å². The Morgan fingerprint density at radius 3 is 2.57 bits per heavy atom.